The third-order valence-corrected chi connectivity index (χ3v) is 8.30. The van der Waals surface area contributed by atoms with Crippen molar-refractivity contribution in [1.29, 1.82) is 0 Å². The predicted molar refractivity (Wildman–Crippen MR) is 120 cm³/mol. The van der Waals surface area contributed by atoms with Crippen LogP contribution in [0.5, 0.6) is 0 Å². The van der Waals surface area contributed by atoms with Gasteiger partial charge >= 0.3 is 0 Å². The standard InChI is InChI=1S/C21H18FN3O2S3/c1-25(2)30(26,27)17-5-3-4-14(10-17)11-28-20-19-18(12-29-21(19)24-13-23-20)15-6-8-16(22)9-7-15/h3-10,12-13H,11H2,1-2H3. The van der Waals surface area contributed by atoms with Crippen LogP contribution in [0.25, 0.3) is 21.3 Å². The number of fused-ring (bicyclic) bond motifs is 1. The van der Waals surface area contributed by atoms with Gasteiger partial charge in [-0.2, -0.15) is 0 Å². The quantitative estimate of drug-likeness (QED) is 0.299. The lowest BCUT2D eigenvalue weighted by atomic mass is 10.1. The van der Waals surface area contributed by atoms with Crippen molar-refractivity contribution in [3.8, 4) is 11.1 Å². The van der Waals surface area contributed by atoms with E-state index < -0.39 is 10.0 Å². The zero-order valence-corrected chi connectivity index (χ0v) is 18.7. The summed E-state index contributed by atoms with van der Waals surface area (Å²) in [5.74, 6) is 0.276. The Morgan fingerprint density at radius 2 is 1.87 bits per heavy atom. The van der Waals surface area contributed by atoms with Crippen LogP contribution < -0.4 is 0 Å². The first-order valence-electron chi connectivity index (χ1n) is 8.98. The number of hydrogen-bond acceptors (Lipinski definition) is 6. The minimum absolute atomic E-state index is 0.265. The molecular weight excluding hydrogens is 441 g/mol. The highest BCUT2D eigenvalue weighted by Gasteiger charge is 2.18. The third kappa shape index (κ3) is 4.11. The maximum atomic E-state index is 13.3. The second-order valence-corrected chi connectivity index (χ2v) is 10.7. The average Bonchev–Trinajstić information content (AvgIpc) is 3.18. The smallest absolute Gasteiger partial charge is 0.229 e. The summed E-state index contributed by atoms with van der Waals surface area (Å²) in [7, 11) is -0.453. The largest absolute Gasteiger partial charge is 0.242 e. The second-order valence-electron chi connectivity index (χ2n) is 6.74. The Bertz CT molecular complexity index is 1300. The summed E-state index contributed by atoms with van der Waals surface area (Å²) < 4.78 is 39.3. The molecule has 0 fully saturated rings. The lowest BCUT2D eigenvalue weighted by molar-refractivity contribution is 0.520. The van der Waals surface area contributed by atoms with Crippen molar-refractivity contribution in [3.05, 3.63) is 71.6 Å². The fraction of sp³-hybridized carbons (Fsp3) is 0.143. The molecule has 0 bridgehead atoms. The molecule has 0 aliphatic carbocycles. The Labute approximate surface area is 182 Å². The minimum atomic E-state index is -3.48. The molecule has 4 aromatic rings. The zero-order valence-electron chi connectivity index (χ0n) is 16.2. The average molecular weight is 460 g/mol. The molecule has 0 atom stereocenters. The van der Waals surface area contributed by atoms with Crippen LogP contribution in [-0.4, -0.2) is 36.8 Å². The molecule has 0 saturated carbocycles. The number of aromatic nitrogens is 2. The van der Waals surface area contributed by atoms with Crippen molar-refractivity contribution < 1.29 is 12.8 Å². The number of nitrogens with zero attached hydrogens (tertiary/aromatic N) is 3. The summed E-state index contributed by atoms with van der Waals surface area (Å²) in [6, 6.07) is 13.3. The molecule has 30 heavy (non-hydrogen) atoms. The molecular formula is C21H18FN3O2S3. The predicted octanol–water partition coefficient (Wildman–Crippen LogP) is 5.04. The van der Waals surface area contributed by atoms with Gasteiger partial charge in [-0.25, -0.2) is 27.1 Å². The highest BCUT2D eigenvalue weighted by atomic mass is 32.2. The third-order valence-electron chi connectivity index (χ3n) is 4.54. The van der Waals surface area contributed by atoms with Gasteiger partial charge in [0.2, 0.25) is 10.0 Å². The molecule has 0 amide bonds. The van der Waals surface area contributed by atoms with Crippen molar-refractivity contribution in [3.63, 3.8) is 0 Å². The van der Waals surface area contributed by atoms with Crippen LogP contribution in [-0.2, 0) is 15.8 Å². The second kappa shape index (κ2) is 8.43. The maximum Gasteiger partial charge on any atom is 0.242 e. The number of thiophene rings is 1. The Morgan fingerprint density at radius 3 is 2.60 bits per heavy atom. The number of sulfonamides is 1. The Morgan fingerprint density at radius 1 is 1.10 bits per heavy atom. The summed E-state index contributed by atoms with van der Waals surface area (Å²) >= 11 is 3.04. The molecule has 0 aliphatic rings. The van der Waals surface area contributed by atoms with Gasteiger partial charge in [0, 0.05) is 30.8 Å². The first kappa shape index (κ1) is 20.9. The van der Waals surface area contributed by atoms with Crippen LogP contribution in [0.15, 0.2) is 70.2 Å². The number of hydrogen-bond donors (Lipinski definition) is 0. The summed E-state index contributed by atoms with van der Waals surface area (Å²) in [4.78, 5) is 9.94. The lowest BCUT2D eigenvalue weighted by Gasteiger charge is -2.12. The van der Waals surface area contributed by atoms with E-state index in [1.807, 2.05) is 11.4 Å². The molecule has 0 N–H and O–H groups in total. The van der Waals surface area contributed by atoms with Crippen LogP contribution in [0.4, 0.5) is 4.39 Å². The number of halogens is 1. The molecule has 4 rings (SSSR count). The van der Waals surface area contributed by atoms with E-state index in [2.05, 4.69) is 9.97 Å². The molecule has 0 spiro atoms. The summed E-state index contributed by atoms with van der Waals surface area (Å²) in [6.45, 7) is 0. The fourth-order valence-corrected chi connectivity index (χ4v) is 5.87. The van der Waals surface area contributed by atoms with Crippen LogP contribution in [0.1, 0.15) is 5.56 Å². The Kier molecular flexibility index (Phi) is 5.88. The van der Waals surface area contributed by atoms with Gasteiger partial charge in [0.05, 0.1) is 10.3 Å². The molecule has 0 aliphatic heterocycles. The SMILES string of the molecule is CN(C)S(=O)(=O)c1cccc(CSc2ncnc3scc(-c4ccc(F)cc4)c23)c1. The first-order chi connectivity index (χ1) is 14.4. The Hall–Kier alpha value is -2.33. The molecule has 0 radical (unpaired) electrons. The first-order valence-corrected chi connectivity index (χ1v) is 12.3. The van der Waals surface area contributed by atoms with Gasteiger partial charge in [-0.15, -0.1) is 23.1 Å². The van der Waals surface area contributed by atoms with Gasteiger partial charge in [0.15, 0.2) is 0 Å². The maximum absolute atomic E-state index is 13.3. The minimum Gasteiger partial charge on any atom is -0.229 e. The van der Waals surface area contributed by atoms with Crippen LogP contribution in [0.3, 0.4) is 0 Å². The summed E-state index contributed by atoms with van der Waals surface area (Å²) in [6.07, 6.45) is 1.53. The van der Waals surface area contributed by atoms with Crippen LogP contribution >= 0.6 is 23.1 Å². The molecule has 0 saturated heterocycles. The van der Waals surface area contributed by atoms with Gasteiger partial charge in [-0.3, -0.25) is 0 Å². The highest BCUT2D eigenvalue weighted by molar-refractivity contribution is 7.98. The van der Waals surface area contributed by atoms with Crippen molar-refractivity contribution in [2.24, 2.45) is 0 Å². The van der Waals surface area contributed by atoms with Crippen molar-refractivity contribution in [1.82, 2.24) is 14.3 Å². The van der Waals surface area contributed by atoms with Crippen LogP contribution in [0, 0.1) is 5.82 Å². The molecule has 154 valence electrons. The van der Waals surface area contributed by atoms with Crippen LogP contribution in [0.2, 0.25) is 0 Å². The molecule has 2 aromatic carbocycles. The topological polar surface area (TPSA) is 63.2 Å². The number of benzene rings is 2. The van der Waals surface area contributed by atoms with E-state index in [1.54, 1.807) is 30.3 Å². The van der Waals surface area contributed by atoms with Gasteiger partial charge in [-0.05, 0) is 35.4 Å². The lowest BCUT2D eigenvalue weighted by Crippen LogP contribution is -2.22. The molecule has 2 heterocycles. The van der Waals surface area contributed by atoms with Crippen molar-refractivity contribution in [2.75, 3.05) is 14.1 Å². The van der Waals surface area contributed by atoms with E-state index in [4.69, 9.17) is 0 Å². The molecule has 5 nitrogen and oxygen atoms in total. The van der Waals surface area contributed by atoms with E-state index in [0.717, 1.165) is 31.9 Å². The van der Waals surface area contributed by atoms with E-state index in [0.29, 0.717) is 5.75 Å². The van der Waals surface area contributed by atoms with E-state index in [9.17, 15) is 12.8 Å². The van der Waals surface area contributed by atoms with E-state index >= 15 is 0 Å². The van der Waals surface area contributed by atoms with E-state index in [-0.39, 0.29) is 10.7 Å². The van der Waals surface area contributed by atoms with Gasteiger partial charge in [0.1, 0.15) is 22.0 Å². The van der Waals surface area contributed by atoms with Gasteiger partial charge < -0.3 is 0 Å². The van der Waals surface area contributed by atoms with Gasteiger partial charge in [-0.1, -0.05) is 24.3 Å². The van der Waals surface area contributed by atoms with Gasteiger partial charge in [0.25, 0.3) is 0 Å². The summed E-state index contributed by atoms with van der Waals surface area (Å²) in [5.41, 5.74) is 2.74. The van der Waals surface area contributed by atoms with Crippen molar-refractivity contribution in [2.45, 2.75) is 15.7 Å². The number of thioether (sulfide) groups is 1. The molecule has 0 unspecified atom stereocenters. The van der Waals surface area contributed by atoms with E-state index in [1.165, 1.54) is 60.0 Å². The highest BCUT2D eigenvalue weighted by Crippen LogP contribution is 2.38. The normalized spacial score (nSPS) is 12.0. The molecule has 9 heteroatoms. The summed E-state index contributed by atoms with van der Waals surface area (Å²) in [5, 5.41) is 3.73. The van der Waals surface area contributed by atoms with Crippen molar-refractivity contribution >= 4 is 43.3 Å². The fourth-order valence-electron chi connectivity index (χ4n) is 2.96. The number of rotatable bonds is 6. The Balaban J connectivity index is 1.66. The molecule has 2 aromatic heterocycles. The zero-order chi connectivity index (χ0) is 21.3. The monoisotopic (exact) mass is 459 g/mol.